The first kappa shape index (κ1) is 14.2. The molecule has 0 aliphatic rings. The number of rotatable bonds is 4. The first-order chi connectivity index (χ1) is 7.72. The maximum Gasteiger partial charge on any atom is 0.179 e. The number of fused-ring (bicyclic) bond motifs is 1. The fraction of sp³-hybridized carbons (Fsp3) is 0.308. The van der Waals surface area contributed by atoms with Crippen LogP contribution in [0.3, 0.4) is 0 Å². The number of ketones is 1. The van der Waals surface area contributed by atoms with Crippen LogP contribution in [0.5, 0.6) is 0 Å². The van der Waals surface area contributed by atoms with Gasteiger partial charge in [0.1, 0.15) is 0 Å². The molecule has 2 nitrogen and oxygen atoms in total. The van der Waals surface area contributed by atoms with E-state index in [1.807, 2.05) is 37.4 Å². The summed E-state index contributed by atoms with van der Waals surface area (Å²) in [4.78, 5) is 12.0. The highest BCUT2D eigenvalue weighted by Crippen LogP contribution is 2.22. The van der Waals surface area contributed by atoms with Gasteiger partial charge in [0.05, 0.1) is 6.04 Å². The smallest absolute Gasteiger partial charge is 0.179 e. The van der Waals surface area contributed by atoms with Crippen molar-refractivity contribution in [2.75, 3.05) is 6.54 Å². The molecule has 92 valence electrons. The van der Waals surface area contributed by atoms with Crippen LogP contribution < -0.4 is 5.32 Å². The van der Waals surface area contributed by atoms with Gasteiger partial charge in [0.25, 0.3) is 0 Å². The summed E-state index contributed by atoms with van der Waals surface area (Å²) in [5.74, 6) is 0.162. The number of carbonyl (C=O) groups is 1. The van der Waals surface area contributed by atoms with E-state index in [4.69, 9.17) is 0 Å². The van der Waals surface area contributed by atoms with Crippen LogP contribution in [-0.4, -0.2) is 18.4 Å². The molecule has 1 heterocycles. The lowest BCUT2D eigenvalue weighted by atomic mass is 10.0. The summed E-state index contributed by atoms with van der Waals surface area (Å²) in [6.07, 6.45) is 0. The molecule has 0 spiro atoms. The van der Waals surface area contributed by atoms with E-state index in [1.54, 1.807) is 11.3 Å². The number of carbonyl (C=O) groups excluding carboxylic acids is 1. The molecule has 0 aliphatic heterocycles. The highest BCUT2D eigenvalue weighted by atomic mass is 35.5. The van der Waals surface area contributed by atoms with Gasteiger partial charge in [0, 0.05) is 10.3 Å². The Balaban J connectivity index is 0.00000144. The highest BCUT2D eigenvalue weighted by molar-refractivity contribution is 7.17. The number of benzene rings is 1. The largest absolute Gasteiger partial charge is 0.308 e. The number of nitrogens with one attached hydrogen (secondary N) is 1. The van der Waals surface area contributed by atoms with Gasteiger partial charge < -0.3 is 5.32 Å². The second kappa shape index (κ2) is 6.15. The van der Waals surface area contributed by atoms with Crippen molar-refractivity contribution in [2.24, 2.45) is 0 Å². The topological polar surface area (TPSA) is 29.1 Å². The molecule has 1 unspecified atom stereocenters. The molecular formula is C13H16ClNOS. The van der Waals surface area contributed by atoms with Crippen LogP contribution in [0.1, 0.15) is 24.2 Å². The molecule has 0 fully saturated rings. The van der Waals surface area contributed by atoms with Crippen LogP contribution in [0, 0.1) is 0 Å². The summed E-state index contributed by atoms with van der Waals surface area (Å²) in [6, 6.07) is 7.85. The van der Waals surface area contributed by atoms with Crippen LogP contribution >= 0.6 is 23.7 Å². The van der Waals surface area contributed by atoms with Gasteiger partial charge in [0.2, 0.25) is 0 Å². The Labute approximate surface area is 111 Å². The van der Waals surface area contributed by atoms with E-state index in [2.05, 4.69) is 11.4 Å². The molecular weight excluding hydrogens is 254 g/mol. The zero-order valence-corrected chi connectivity index (χ0v) is 11.5. The van der Waals surface area contributed by atoms with Gasteiger partial charge in [-0.25, -0.2) is 0 Å². The third-order valence-electron chi connectivity index (χ3n) is 2.64. The predicted molar refractivity (Wildman–Crippen MR) is 76.5 cm³/mol. The Hall–Kier alpha value is -0.900. The summed E-state index contributed by atoms with van der Waals surface area (Å²) in [5.41, 5.74) is 0.791. The van der Waals surface area contributed by atoms with Crippen molar-refractivity contribution < 1.29 is 4.79 Å². The highest BCUT2D eigenvalue weighted by Gasteiger charge is 2.14. The number of thiophene rings is 1. The van der Waals surface area contributed by atoms with Crippen LogP contribution in [-0.2, 0) is 0 Å². The van der Waals surface area contributed by atoms with Gasteiger partial charge in [0.15, 0.2) is 5.78 Å². The van der Waals surface area contributed by atoms with Gasteiger partial charge in [-0.3, -0.25) is 4.79 Å². The average Bonchev–Trinajstić information content (AvgIpc) is 2.75. The Morgan fingerprint density at radius 2 is 2.18 bits per heavy atom. The molecule has 0 amide bonds. The van der Waals surface area contributed by atoms with Crippen molar-refractivity contribution in [2.45, 2.75) is 19.9 Å². The maximum atomic E-state index is 12.0. The van der Waals surface area contributed by atoms with E-state index in [0.717, 1.165) is 17.5 Å². The number of hydrogen-bond acceptors (Lipinski definition) is 3. The Bertz CT molecular complexity index is 509. The first-order valence-corrected chi connectivity index (χ1v) is 6.35. The second-order valence-electron chi connectivity index (χ2n) is 3.82. The van der Waals surface area contributed by atoms with Gasteiger partial charge in [-0.1, -0.05) is 6.92 Å². The van der Waals surface area contributed by atoms with Crippen molar-refractivity contribution in [3.63, 3.8) is 0 Å². The lowest BCUT2D eigenvalue weighted by molar-refractivity contribution is 0.0952. The van der Waals surface area contributed by atoms with Crippen molar-refractivity contribution >= 4 is 39.6 Å². The molecule has 1 N–H and O–H groups in total. The van der Waals surface area contributed by atoms with E-state index in [9.17, 15) is 4.79 Å². The first-order valence-electron chi connectivity index (χ1n) is 5.47. The Kier molecular flexibility index (Phi) is 5.12. The van der Waals surface area contributed by atoms with E-state index >= 15 is 0 Å². The standard InChI is InChI=1S/C13H15NOS.ClH/c1-3-14-9(2)13(15)11-4-5-12-10(8-11)6-7-16-12;/h4-9,14H,3H2,1-2H3;1H. The van der Waals surface area contributed by atoms with E-state index in [1.165, 1.54) is 4.70 Å². The van der Waals surface area contributed by atoms with Crippen molar-refractivity contribution in [3.8, 4) is 0 Å². The van der Waals surface area contributed by atoms with E-state index in [0.29, 0.717) is 0 Å². The molecule has 17 heavy (non-hydrogen) atoms. The number of hydrogen-bond donors (Lipinski definition) is 1. The zero-order chi connectivity index (χ0) is 11.5. The summed E-state index contributed by atoms with van der Waals surface area (Å²) in [5, 5.41) is 6.34. The molecule has 1 aromatic heterocycles. The lowest BCUT2D eigenvalue weighted by Crippen LogP contribution is -2.33. The van der Waals surface area contributed by atoms with E-state index in [-0.39, 0.29) is 24.2 Å². The van der Waals surface area contributed by atoms with E-state index < -0.39 is 0 Å². The maximum absolute atomic E-state index is 12.0. The molecule has 4 heteroatoms. The quantitative estimate of drug-likeness (QED) is 0.861. The van der Waals surface area contributed by atoms with Crippen LogP contribution in [0.2, 0.25) is 0 Å². The van der Waals surface area contributed by atoms with Crippen molar-refractivity contribution in [1.82, 2.24) is 5.32 Å². The monoisotopic (exact) mass is 269 g/mol. The molecule has 1 atom stereocenters. The van der Waals surface area contributed by atoms with Crippen LogP contribution in [0.25, 0.3) is 10.1 Å². The third-order valence-corrected chi connectivity index (χ3v) is 3.54. The van der Waals surface area contributed by atoms with Crippen molar-refractivity contribution in [1.29, 1.82) is 0 Å². The third kappa shape index (κ3) is 3.06. The second-order valence-corrected chi connectivity index (χ2v) is 4.76. The number of likely N-dealkylation sites (N-methyl/N-ethyl adjacent to an activating group) is 1. The molecule has 0 saturated carbocycles. The molecule has 1 aromatic carbocycles. The summed E-state index contributed by atoms with van der Waals surface area (Å²) in [6.45, 7) is 4.73. The fourth-order valence-electron chi connectivity index (χ4n) is 1.77. The van der Waals surface area contributed by atoms with Gasteiger partial charge in [-0.2, -0.15) is 0 Å². The van der Waals surface area contributed by atoms with Crippen molar-refractivity contribution in [3.05, 3.63) is 35.2 Å². The molecule has 0 saturated heterocycles. The predicted octanol–water partition coefficient (Wildman–Crippen LogP) is 3.50. The molecule has 2 aromatic rings. The van der Waals surface area contributed by atoms with Gasteiger partial charge in [-0.05, 0) is 48.5 Å². The molecule has 2 rings (SSSR count). The number of halogens is 1. The Morgan fingerprint density at radius 1 is 1.41 bits per heavy atom. The Morgan fingerprint density at radius 3 is 2.88 bits per heavy atom. The molecule has 0 aliphatic carbocycles. The fourth-order valence-corrected chi connectivity index (χ4v) is 2.54. The minimum atomic E-state index is -0.110. The summed E-state index contributed by atoms with van der Waals surface area (Å²) < 4.78 is 1.23. The summed E-state index contributed by atoms with van der Waals surface area (Å²) >= 11 is 1.70. The van der Waals surface area contributed by atoms with Crippen LogP contribution in [0.15, 0.2) is 29.6 Å². The zero-order valence-electron chi connectivity index (χ0n) is 9.90. The molecule has 0 bridgehead atoms. The molecule has 0 radical (unpaired) electrons. The van der Waals surface area contributed by atoms with Crippen LogP contribution in [0.4, 0.5) is 0 Å². The van der Waals surface area contributed by atoms with Gasteiger partial charge in [-0.15, -0.1) is 23.7 Å². The summed E-state index contributed by atoms with van der Waals surface area (Å²) in [7, 11) is 0. The minimum absolute atomic E-state index is 0. The normalized spacial score (nSPS) is 12.1. The minimum Gasteiger partial charge on any atom is -0.308 e. The SMILES string of the molecule is CCNC(C)C(=O)c1ccc2sccc2c1.Cl. The lowest BCUT2D eigenvalue weighted by Gasteiger charge is -2.10. The number of Topliss-reactive ketones (excluding diaryl/α,β-unsaturated/α-hetero) is 1. The average molecular weight is 270 g/mol. The van der Waals surface area contributed by atoms with Gasteiger partial charge >= 0.3 is 0 Å².